The van der Waals surface area contributed by atoms with Gasteiger partial charge in [0.15, 0.2) is 5.65 Å². The van der Waals surface area contributed by atoms with Crippen LogP contribution in [0.4, 0.5) is 0 Å². The lowest BCUT2D eigenvalue weighted by Crippen LogP contribution is -2.06. The summed E-state index contributed by atoms with van der Waals surface area (Å²) >= 11 is 0. The summed E-state index contributed by atoms with van der Waals surface area (Å²) in [4.78, 5) is 15.8. The number of carboxylic acids is 1. The SMILES string of the molecule is CC(C)c1c(-c2ccc(OCc3ccccc3)cc2)cnc2c(C(=O)O)cnn12. The maximum absolute atomic E-state index is 11.4. The van der Waals surface area contributed by atoms with Crippen molar-refractivity contribution in [1.29, 1.82) is 0 Å². The van der Waals surface area contributed by atoms with Gasteiger partial charge in [0.1, 0.15) is 17.9 Å². The van der Waals surface area contributed by atoms with Crippen molar-refractivity contribution in [1.82, 2.24) is 14.6 Å². The van der Waals surface area contributed by atoms with E-state index >= 15 is 0 Å². The van der Waals surface area contributed by atoms with E-state index in [0.29, 0.717) is 12.3 Å². The molecule has 0 fully saturated rings. The molecular weight excluding hydrogens is 366 g/mol. The lowest BCUT2D eigenvalue weighted by atomic mass is 9.99. The van der Waals surface area contributed by atoms with Gasteiger partial charge >= 0.3 is 5.97 Å². The van der Waals surface area contributed by atoms with Crippen molar-refractivity contribution in [3.8, 4) is 16.9 Å². The van der Waals surface area contributed by atoms with E-state index < -0.39 is 5.97 Å². The van der Waals surface area contributed by atoms with Crippen molar-refractivity contribution in [3.05, 3.63) is 83.8 Å². The van der Waals surface area contributed by atoms with E-state index in [1.807, 2.05) is 54.6 Å². The maximum Gasteiger partial charge on any atom is 0.341 e. The average molecular weight is 387 g/mol. The molecule has 2 aromatic heterocycles. The Labute approximate surface area is 168 Å². The fourth-order valence-electron chi connectivity index (χ4n) is 3.35. The smallest absolute Gasteiger partial charge is 0.341 e. The number of carboxylic acid groups (broad SMARTS) is 1. The van der Waals surface area contributed by atoms with Crippen LogP contribution in [-0.2, 0) is 6.61 Å². The number of aromatic nitrogens is 3. The summed E-state index contributed by atoms with van der Waals surface area (Å²) in [5, 5.41) is 13.6. The summed E-state index contributed by atoms with van der Waals surface area (Å²) < 4.78 is 7.49. The Balaban J connectivity index is 1.65. The summed E-state index contributed by atoms with van der Waals surface area (Å²) in [7, 11) is 0. The highest BCUT2D eigenvalue weighted by atomic mass is 16.5. The molecular formula is C23H21N3O3. The summed E-state index contributed by atoms with van der Waals surface area (Å²) in [6.07, 6.45) is 3.07. The first kappa shape index (κ1) is 18.7. The van der Waals surface area contributed by atoms with Crippen LogP contribution in [0, 0.1) is 0 Å². The minimum Gasteiger partial charge on any atom is -0.489 e. The van der Waals surface area contributed by atoms with Crippen LogP contribution in [0.1, 0.15) is 41.4 Å². The zero-order valence-electron chi connectivity index (χ0n) is 16.2. The molecule has 1 N–H and O–H groups in total. The van der Waals surface area contributed by atoms with Gasteiger partial charge in [-0.1, -0.05) is 56.3 Å². The molecule has 4 rings (SSSR count). The number of nitrogens with zero attached hydrogens (tertiary/aromatic N) is 3. The first-order valence-electron chi connectivity index (χ1n) is 9.41. The fraction of sp³-hybridized carbons (Fsp3) is 0.174. The highest BCUT2D eigenvalue weighted by molar-refractivity contribution is 5.94. The molecule has 2 aromatic carbocycles. The summed E-state index contributed by atoms with van der Waals surface area (Å²) in [6, 6.07) is 17.8. The third kappa shape index (κ3) is 3.69. The van der Waals surface area contributed by atoms with Gasteiger partial charge in [-0.2, -0.15) is 5.10 Å². The van der Waals surface area contributed by atoms with Gasteiger partial charge in [-0.3, -0.25) is 0 Å². The third-order valence-corrected chi connectivity index (χ3v) is 4.75. The Bertz CT molecular complexity index is 1150. The van der Waals surface area contributed by atoms with Crippen LogP contribution in [0.25, 0.3) is 16.8 Å². The van der Waals surface area contributed by atoms with Crippen LogP contribution < -0.4 is 4.74 Å². The topological polar surface area (TPSA) is 76.7 Å². The van der Waals surface area contributed by atoms with E-state index in [1.165, 1.54) is 6.20 Å². The monoisotopic (exact) mass is 387 g/mol. The Hall–Kier alpha value is -3.67. The van der Waals surface area contributed by atoms with Crippen molar-refractivity contribution in [2.45, 2.75) is 26.4 Å². The summed E-state index contributed by atoms with van der Waals surface area (Å²) in [5.74, 6) is -0.120. The molecule has 0 unspecified atom stereocenters. The number of aromatic carboxylic acids is 1. The second-order valence-corrected chi connectivity index (χ2v) is 7.11. The Kier molecular flexibility index (Phi) is 4.99. The Morgan fingerprint density at radius 2 is 1.79 bits per heavy atom. The molecule has 0 amide bonds. The van der Waals surface area contributed by atoms with Gasteiger partial charge in [0.25, 0.3) is 0 Å². The van der Waals surface area contributed by atoms with Crippen molar-refractivity contribution < 1.29 is 14.6 Å². The number of rotatable bonds is 6. The largest absolute Gasteiger partial charge is 0.489 e. The third-order valence-electron chi connectivity index (χ3n) is 4.75. The predicted molar refractivity (Wildman–Crippen MR) is 110 cm³/mol. The van der Waals surface area contributed by atoms with E-state index in [1.54, 1.807) is 10.7 Å². The molecule has 146 valence electrons. The fourth-order valence-corrected chi connectivity index (χ4v) is 3.35. The normalized spacial score (nSPS) is 11.1. The molecule has 4 aromatic rings. The molecule has 0 atom stereocenters. The molecule has 0 saturated heterocycles. The number of carbonyl (C=O) groups is 1. The maximum atomic E-state index is 11.4. The van der Waals surface area contributed by atoms with Crippen LogP contribution in [0.3, 0.4) is 0 Å². The molecule has 6 heteroatoms. The number of benzene rings is 2. The molecule has 0 saturated carbocycles. The number of fused-ring (bicyclic) bond motifs is 1. The minimum atomic E-state index is -1.03. The predicted octanol–water partition coefficient (Wildman–Crippen LogP) is 4.80. The van der Waals surface area contributed by atoms with Crippen LogP contribution in [0.15, 0.2) is 67.0 Å². The van der Waals surface area contributed by atoms with Crippen LogP contribution in [-0.4, -0.2) is 25.7 Å². The Morgan fingerprint density at radius 3 is 2.45 bits per heavy atom. The van der Waals surface area contributed by atoms with E-state index in [4.69, 9.17) is 4.74 Å². The molecule has 0 aliphatic carbocycles. The van der Waals surface area contributed by atoms with Gasteiger partial charge in [0.05, 0.1) is 11.9 Å². The minimum absolute atomic E-state index is 0.100. The van der Waals surface area contributed by atoms with Gasteiger partial charge in [0, 0.05) is 11.8 Å². The molecule has 0 radical (unpaired) electrons. The molecule has 0 bridgehead atoms. The molecule has 2 heterocycles. The van der Waals surface area contributed by atoms with E-state index in [-0.39, 0.29) is 11.5 Å². The van der Waals surface area contributed by atoms with Crippen molar-refractivity contribution in [2.75, 3.05) is 0 Å². The molecule has 0 aliphatic rings. The zero-order chi connectivity index (χ0) is 20.4. The molecule has 29 heavy (non-hydrogen) atoms. The van der Waals surface area contributed by atoms with Crippen LogP contribution >= 0.6 is 0 Å². The molecule has 0 spiro atoms. The van der Waals surface area contributed by atoms with Gasteiger partial charge in [0.2, 0.25) is 0 Å². The van der Waals surface area contributed by atoms with Crippen LogP contribution in [0.5, 0.6) is 5.75 Å². The van der Waals surface area contributed by atoms with Gasteiger partial charge in [-0.25, -0.2) is 14.3 Å². The van der Waals surface area contributed by atoms with Crippen molar-refractivity contribution >= 4 is 11.6 Å². The van der Waals surface area contributed by atoms with E-state index in [0.717, 1.165) is 28.1 Å². The lowest BCUT2D eigenvalue weighted by Gasteiger charge is -2.15. The van der Waals surface area contributed by atoms with Crippen molar-refractivity contribution in [2.24, 2.45) is 0 Å². The van der Waals surface area contributed by atoms with Crippen molar-refractivity contribution in [3.63, 3.8) is 0 Å². The second kappa shape index (κ2) is 7.75. The first-order valence-corrected chi connectivity index (χ1v) is 9.41. The number of hydrogen-bond acceptors (Lipinski definition) is 4. The van der Waals surface area contributed by atoms with Gasteiger partial charge in [-0.15, -0.1) is 0 Å². The zero-order valence-corrected chi connectivity index (χ0v) is 16.2. The lowest BCUT2D eigenvalue weighted by molar-refractivity contribution is 0.0698. The summed E-state index contributed by atoms with van der Waals surface area (Å²) in [6.45, 7) is 4.62. The Morgan fingerprint density at radius 1 is 1.07 bits per heavy atom. The number of hydrogen-bond donors (Lipinski definition) is 1. The van der Waals surface area contributed by atoms with Gasteiger partial charge in [-0.05, 0) is 29.2 Å². The first-order chi connectivity index (χ1) is 14.0. The quantitative estimate of drug-likeness (QED) is 0.514. The molecule has 6 nitrogen and oxygen atoms in total. The van der Waals surface area contributed by atoms with Crippen LogP contribution in [0.2, 0.25) is 0 Å². The van der Waals surface area contributed by atoms with Gasteiger partial charge < -0.3 is 9.84 Å². The second-order valence-electron chi connectivity index (χ2n) is 7.11. The highest BCUT2D eigenvalue weighted by Gasteiger charge is 2.19. The van der Waals surface area contributed by atoms with E-state index in [2.05, 4.69) is 23.9 Å². The standard InChI is InChI=1S/C23H21N3O3/c1-15(2)21-19(12-24-22-20(23(27)28)13-25-26(21)22)17-8-10-18(11-9-17)29-14-16-6-4-3-5-7-16/h3-13,15H,14H2,1-2H3,(H,27,28). The average Bonchev–Trinajstić information content (AvgIpc) is 3.17. The number of ether oxygens (including phenoxy) is 1. The highest BCUT2D eigenvalue weighted by Crippen LogP contribution is 2.31. The summed E-state index contributed by atoms with van der Waals surface area (Å²) in [5.41, 5.74) is 4.38. The molecule has 0 aliphatic heterocycles. The van der Waals surface area contributed by atoms with E-state index in [9.17, 15) is 9.90 Å².